The summed E-state index contributed by atoms with van der Waals surface area (Å²) in [5, 5.41) is 3.49. The molecule has 0 amide bonds. The Balaban J connectivity index is 1.89. The second-order valence-corrected chi connectivity index (χ2v) is 4.78. The van der Waals surface area contributed by atoms with Gasteiger partial charge in [-0.25, -0.2) is 0 Å². The summed E-state index contributed by atoms with van der Waals surface area (Å²) in [5.41, 5.74) is 8.52. The minimum Gasteiger partial charge on any atom is -0.384 e. The standard InChI is InChI=1S/C13H21N3/c1-10-8-15-7-6-13(10)16-9-11-4-2-3-5-12(11)14/h6-8,11-12H,2-5,9,14H2,1H3,(H,15,16). The molecule has 3 nitrogen and oxygen atoms in total. The normalized spacial score (nSPS) is 25.4. The first kappa shape index (κ1) is 11.4. The minimum atomic E-state index is 0.378. The van der Waals surface area contributed by atoms with Gasteiger partial charge in [0.15, 0.2) is 0 Å². The van der Waals surface area contributed by atoms with E-state index in [4.69, 9.17) is 5.73 Å². The molecule has 1 aromatic rings. The molecule has 3 N–H and O–H groups in total. The summed E-state index contributed by atoms with van der Waals surface area (Å²) < 4.78 is 0. The van der Waals surface area contributed by atoms with Crippen molar-refractivity contribution in [2.24, 2.45) is 11.7 Å². The predicted molar refractivity (Wildman–Crippen MR) is 67.4 cm³/mol. The Morgan fingerprint density at radius 3 is 3.00 bits per heavy atom. The van der Waals surface area contributed by atoms with E-state index >= 15 is 0 Å². The van der Waals surface area contributed by atoms with Crippen molar-refractivity contribution in [2.45, 2.75) is 38.6 Å². The summed E-state index contributed by atoms with van der Waals surface area (Å²) in [6.07, 6.45) is 8.79. The van der Waals surface area contributed by atoms with E-state index in [9.17, 15) is 0 Å². The quantitative estimate of drug-likeness (QED) is 0.820. The van der Waals surface area contributed by atoms with Crippen LogP contribution in [0.5, 0.6) is 0 Å². The summed E-state index contributed by atoms with van der Waals surface area (Å²) in [7, 11) is 0. The lowest BCUT2D eigenvalue weighted by atomic mass is 9.85. The van der Waals surface area contributed by atoms with Crippen molar-refractivity contribution in [2.75, 3.05) is 11.9 Å². The molecule has 1 saturated carbocycles. The van der Waals surface area contributed by atoms with E-state index in [1.54, 1.807) is 0 Å². The highest BCUT2D eigenvalue weighted by molar-refractivity contribution is 5.48. The smallest absolute Gasteiger partial charge is 0.0400 e. The maximum absolute atomic E-state index is 6.13. The van der Waals surface area contributed by atoms with Crippen LogP contribution in [0.3, 0.4) is 0 Å². The topological polar surface area (TPSA) is 50.9 Å². The molecule has 1 aromatic heterocycles. The number of pyridine rings is 1. The van der Waals surface area contributed by atoms with Gasteiger partial charge >= 0.3 is 0 Å². The maximum atomic E-state index is 6.13. The van der Waals surface area contributed by atoms with Gasteiger partial charge in [-0.15, -0.1) is 0 Å². The van der Waals surface area contributed by atoms with Crippen LogP contribution in [-0.2, 0) is 0 Å². The van der Waals surface area contributed by atoms with Crippen molar-refractivity contribution in [1.82, 2.24) is 4.98 Å². The first-order valence-electron chi connectivity index (χ1n) is 6.17. The predicted octanol–water partition coefficient (Wildman–Crippen LogP) is 2.32. The highest BCUT2D eigenvalue weighted by atomic mass is 14.9. The molecular weight excluding hydrogens is 198 g/mol. The van der Waals surface area contributed by atoms with Gasteiger partial charge in [-0.3, -0.25) is 4.98 Å². The van der Waals surface area contributed by atoms with Crippen molar-refractivity contribution in [1.29, 1.82) is 0 Å². The van der Waals surface area contributed by atoms with Crippen LogP contribution in [0.1, 0.15) is 31.2 Å². The van der Waals surface area contributed by atoms with Crippen molar-refractivity contribution < 1.29 is 0 Å². The van der Waals surface area contributed by atoms with Crippen LogP contribution in [0.2, 0.25) is 0 Å². The fourth-order valence-electron chi connectivity index (χ4n) is 2.40. The Hall–Kier alpha value is -1.09. The van der Waals surface area contributed by atoms with Gasteiger partial charge in [0.1, 0.15) is 0 Å². The summed E-state index contributed by atoms with van der Waals surface area (Å²) >= 11 is 0. The molecule has 1 fully saturated rings. The molecule has 2 unspecified atom stereocenters. The molecule has 0 aromatic carbocycles. The van der Waals surface area contributed by atoms with E-state index in [2.05, 4.69) is 17.2 Å². The molecule has 0 spiro atoms. The van der Waals surface area contributed by atoms with E-state index < -0.39 is 0 Å². The molecule has 0 saturated heterocycles. The summed E-state index contributed by atoms with van der Waals surface area (Å²) in [4.78, 5) is 4.09. The fourth-order valence-corrected chi connectivity index (χ4v) is 2.40. The zero-order valence-corrected chi connectivity index (χ0v) is 9.95. The number of anilines is 1. The summed E-state index contributed by atoms with van der Waals surface area (Å²) in [6, 6.07) is 2.41. The van der Waals surface area contributed by atoms with Gasteiger partial charge in [-0.2, -0.15) is 0 Å². The fraction of sp³-hybridized carbons (Fsp3) is 0.615. The number of hydrogen-bond acceptors (Lipinski definition) is 3. The molecule has 1 aliphatic rings. The largest absolute Gasteiger partial charge is 0.384 e. The zero-order valence-electron chi connectivity index (χ0n) is 9.95. The first-order valence-corrected chi connectivity index (χ1v) is 6.17. The van der Waals surface area contributed by atoms with Gasteiger partial charge < -0.3 is 11.1 Å². The van der Waals surface area contributed by atoms with Crippen LogP contribution < -0.4 is 11.1 Å². The molecule has 0 bridgehead atoms. The lowest BCUT2D eigenvalue weighted by molar-refractivity contribution is 0.321. The van der Waals surface area contributed by atoms with Gasteiger partial charge in [0.05, 0.1) is 0 Å². The van der Waals surface area contributed by atoms with E-state index in [0.29, 0.717) is 12.0 Å². The van der Waals surface area contributed by atoms with Crippen LogP contribution in [0.4, 0.5) is 5.69 Å². The van der Waals surface area contributed by atoms with E-state index in [-0.39, 0.29) is 0 Å². The Morgan fingerprint density at radius 1 is 1.44 bits per heavy atom. The third-order valence-corrected chi connectivity index (χ3v) is 3.54. The molecule has 0 aliphatic heterocycles. The molecule has 2 rings (SSSR count). The molecule has 2 atom stereocenters. The van der Waals surface area contributed by atoms with Crippen molar-refractivity contribution in [3.8, 4) is 0 Å². The second-order valence-electron chi connectivity index (χ2n) is 4.78. The maximum Gasteiger partial charge on any atom is 0.0400 e. The zero-order chi connectivity index (χ0) is 11.4. The van der Waals surface area contributed by atoms with Crippen LogP contribution in [0, 0.1) is 12.8 Å². The number of rotatable bonds is 3. The third kappa shape index (κ3) is 2.73. The van der Waals surface area contributed by atoms with Crippen LogP contribution >= 0.6 is 0 Å². The average Bonchev–Trinajstić information content (AvgIpc) is 2.30. The van der Waals surface area contributed by atoms with E-state index in [1.165, 1.54) is 36.9 Å². The van der Waals surface area contributed by atoms with Gasteiger partial charge in [0.25, 0.3) is 0 Å². The van der Waals surface area contributed by atoms with Crippen molar-refractivity contribution in [3.63, 3.8) is 0 Å². The highest BCUT2D eigenvalue weighted by Crippen LogP contribution is 2.23. The second kappa shape index (κ2) is 5.30. The van der Waals surface area contributed by atoms with E-state index in [0.717, 1.165) is 6.54 Å². The number of hydrogen-bond donors (Lipinski definition) is 2. The summed E-state index contributed by atoms with van der Waals surface area (Å²) in [6.45, 7) is 3.07. The van der Waals surface area contributed by atoms with Crippen molar-refractivity contribution >= 4 is 5.69 Å². The van der Waals surface area contributed by atoms with Crippen LogP contribution in [0.25, 0.3) is 0 Å². The van der Waals surface area contributed by atoms with Gasteiger partial charge in [0, 0.05) is 30.7 Å². The number of nitrogens with two attached hydrogens (primary N) is 1. The molecular formula is C13H21N3. The Morgan fingerprint density at radius 2 is 2.25 bits per heavy atom. The van der Waals surface area contributed by atoms with Gasteiger partial charge in [0.2, 0.25) is 0 Å². The SMILES string of the molecule is Cc1cnccc1NCC1CCCCC1N. The molecule has 0 radical (unpaired) electrons. The number of aromatic nitrogens is 1. The molecule has 1 aliphatic carbocycles. The third-order valence-electron chi connectivity index (χ3n) is 3.54. The highest BCUT2D eigenvalue weighted by Gasteiger charge is 2.21. The number of nitrogens with one attached hydrogen (secondary N) is 1. The molecule has 3 heteroatoms. The molecule has 1 heterocycles. The Bertz CT molecular complexity index is 338. The molecule has 88 valence electrons. The Labute approximate surface area is 97.5 Å². The average molecular weight is 219 g/mol. The Kier molecular flexibility index (Phi) is 3.78. The van der Waals surface area contributed by atoms with Crippen LogP contribution in [0.15, 0.2) is 18.5 Å². The number of aryl methyl sites for hydroxylation is 1. The van der Waals surface area contributed by atoms with E-state index in [1.807, 2.05) is 18.5 Å². The monoisotopic (exact) mass is 219 g/mol. The summed E-state index contributed by atoms with van der Waals surface area (Å²) in [5.74, 6) is 0.626. The first-order chi connectivity index (χ1) is 7.77. The van der Waals surface area contributed by atoms with Crippen LogP contribution in [-0.4, -0.2) is 17.6 Å². The minimum absolute atomic E-state index is 0.378. The lowest BCUT2D eigenvalue weighted by Crippen LogP contribution is -2.37. The van der Waals surface area contributed by atoms with Crippen molar-refractivity contribution in [3.05, 3.63) is 24.0 Å². The number of nitrogens with zero attached hydrogens (tertiary/aromatic N) is 1. The van der Waals surface area contributed by atoms with Gasteiger partial charge in [-0.1, -0.05) is 12.8 Å². The lowest BCUT2D eigenvalue weighted by Gasteiger charge is -2.29. The molecule has 16 heavy (non-hydrogen) atoms. The van der Waals surface area contributed by atoms with Gasteiger partial charge in [-0.05, 0) is 37.3 Å².